The van der Waals surface area contributed by atoms with Crippen molar-refractivity contribution in [2.75, 3.05) is 12.5 Å². The summed E-state index contributed by atoms with van der Waals surface area (Å²) in [6, 6.07) is 5.45. The summed E-state index contributed by atoms with van der Waals surface area (Å²) in [6.45, 7) is 3.31. The number of hydrogen-bond donors (Lipinski definition) is 1. The minimum atomic E-state index is -3.74. The topological polar surface area (TPSA) is 72.5 Å². The highest BCUT2D eigenvalue weighted by Crippen LogP contribution is 2.12. The summed E-state index contributed by atoms with van der Waals surface area (Å²) in [6.07, 6.45) is 0.675. The fraction of sp³-hybridized carbons (Fsp3) is 0.462. The highest BCUT2D eigenvalue weighted by atomic mass is 35.5. The standard InChI is InChI=1S/C13H18ClNO4S/c1-3-19-13(16)10(2)15-20(17,18)12-6-4-11(5-7-12)8-9-14/h4-7,10,15H,3,8-9H2,1-2H3. The van der Waals surface area contributed by atoms with Crippen molar-refractivity contribution in [2.24, 2.45) is 0 Å². The Labute approximate surface area is 124 Å². The lowest BCUT2D eigenvalue weighted by atomic mass is 10.2. The maximum Gasteiger partial charge on any atom is 0.323 e. The van der Waals surface area contributed by atoms with Crippen LogP contribution in [0.15, 0.2) is 29.2 Å². The van der Waals surface area contributed by atoms with Crippen LogP contribution in [-0.4, -0.2) is 32.9 Å². The van der Waals surface area contributed by atoms with Gasteiger partial charge in [0.05, 0.1) is 11.5 Å². The van der Waals surface area contributed by atoms with Gasteiger partial charge in [-0.2, -0.15) is 4.72 Å². The Bertz CT molecular complexity index is 542. The number of hydrogen-bond acceptors (Lipinski definition) is 4. The van der Waals surface area contributed by atoms with Crippen LogP contribution in [0.1, 0.15) is 19.4 Å². The van der Waals surface area contributed by atoms with E-state index in [9.17, 15) is 13.2 Å². The van der Waals surface area contributed by atoms with Gasteiger partial charge in [0.25, 0.3) is 0 Å². The molecule has 20 heavy (non-hydrogen) atoms. The van der Waals surface area contributed by atoms with E-state index in [1.54, 1.807) is 19.1 Å². The van der Waals surface area contributed by atoms with Gasteiger partial charge in [0.15, 0.2) is 0 Å². The zero-order chi connectivity index (χ0) is 15.2. The number of benzene rings is 1. The molecule has 0 aromatic heterocycles. The van der Waals surface area contributed by atoms with Gasteiger partial charge in [0, 0.05) is 5.88 Å². The summed E-state index contributed by atoms with van der Waals surface area (Å²) in [5, 5.41) is 0. The van der Waals surface area contributed by atoms with Gasteiger partial charge in [0.1, 0.15) is 6.04 Å². The molecule has 0 saturated heterocycles. The van der Waals surface area contributed by atoms with Crippen molar-refractivity contribution in [3.8, 4) is 0 Å². The van der Waals surface area contributed by atoms with Crippen LogP contribution in [0.3, 0.4) is 0 Å². The number of carbonyl (C=O) groups excluding carboxylic acids is 1. The molecule has 0 bridgehead atoms. The monoisotopic (exact) mass is 319 g/mol. The summed E-state index contributed by atoms with van der Waals surface area (Å²) in [5.41, 5.74) is 0.956. The molecule has 7 heteroatoms. The van der Waals surface area contributed by atoms with Gasteiger partial charge < -0.3 is 4.74 Å². The van der Waals surface area contributed by atoms with E-state index >= 15 is 0 Å². The number of halogens is 1. The minimum Gasteiger partial charge on any atom is -0.465 e. The molecule has 0 spiro atoms. The first-order valence-electron chi connectivity index (χ1n) is 6.24. The van der Waals surface area contributed by atoms with E-state index in [4.69, 9.17) is 16.3 Å². The summed E-state index contributed by atoms with van der Waals surface area (Å²) in [4.78, 5) is 11.5. The molecule has 0 aliphatic rings. The van der Waals surface area contributed by atoms with Crippen molar-refractivity contribution in [3.05, 3.63) is 29.8 Å². The highest BCUT2D eigenvalue weighted by Gasteiger charge is 2.22. The third kappa shape index (κ3) is 4.77. The van der Waals surface area contributed by atoms with Gasteiger partial charge in [-0.05, 0) is 38.0 Å². The zero-order valence-corrected chi connectivity index (χ0v) is 13.0. The molecule has 1 aromatic carbocycles. The second kappa shape index (κ2) is 7.61. The van der Waals surface area contributed by atoms with Crippen LogP contribution < -0.4 is 4.72 Å². The van der Waals surface area contributed by atoms with Crippen LogP contribution >= 0.6 is 11.6 Å². The summed E-state index contributed by atoms with van der Waals surface area (Å²) in [7, 11) is -3.74. The molecular weight excluding hydrogens is 302 g/mol. The van der Waals surface area contributed by atoms with Crippen LogP contribution in [0.2, 0.25) is 0 Å². The first-order valence-corrected chi connectivity index (χ1v) is 8.26. The van der Waals surface area contributed by atoms with Crippen molar-refractivity contribution in [1.29, 1.82) is 0 Å². The molecule has 0 saturated carbocycles. The second-order valence-electron chi connectivity index (χ2n) is 4.18. The molecule has 0 fully saturated rings. The fourth-order valence-electron chi connectivity index (χ4n) is 1.56. The van der Waals surface area contributed by atoms with Crippen LogP contribution in [-0.2, 0) is 26.0 Å². The molecule has 0 aliphatic carbocycles. The molecular formula is C13H18ClNO4S. The number of carbonyl (C=O) groups is 1. The van der Waals surface area contributed by atoms with Gasteiger partial charge in [-0.3, -0.25) is 4.79 Å². The molecule has 1 aromatic rings. The molecule has 0 radical (unpaired) electrons. The van der Waals surface area contributed by atoms with Crippen LogP contribution in [0, 0.1) is 0 Å². The first-order chi connectivity index (χ1) is 9.40. The minimum absolute atomic E-state index is 0.104. The van der Waals surface area contributed by atoms with E-state index in [-0.39, 0.29) is 11.5 Å². The normalized spacial score (nSPS) is 12.9. The average Bonchev–Trinajstić information content (AvgIpc) is 2.39. The molecule has 112 valence electrons. The Morgan fingerprint density at radius 2 is 1.95 bits per heavy atom. The lowest BCUT2D eigenvalue weighted by Gasteiger charge is -2.13. The fourth-order valence-corrected chi connectivity index (χ4v) is 2.97. The number of esters is 1. The first kappa shape index (κ1) is 16.9. The van der Waals surface area contributed by atoms with E-state index in [0.29, 0.717) is 12.3 Å². The third-order valence-electron chi connectivity index (χ3n) is 2.59. The van der Waals surface area contributed by atoms with Crippen molar-refractivity contribution >= 4 is 27.6 Å². The Morgan fingerprint density at radius 3 is 2.45 bits per heavy atom. The predicted octanol–water partition coefficient (Wildman–Crippen LogP) is 1.70. The Balaban J connectivity index is 2.80. The SMILES string of the molecule is CCOC(=O)C(C)NS(=O)(=O)c1ccc(CCCl)cc1. The van der Waals surface area contributed by atoms with E-state index < -0.39 is 22.0 Å². The molecule has 0 heterocycles. The summed E-state index contributed by atoms with van der Waals surface area (Å²) >= 11 is 5.62. The van der Waals surface area contributed by atoms with E-state index in [0.717, 1.165) is 5.56 Å². The maximum atomic E-state index is 12.1. The van der Waals surface area contributed by atoms with Crippen molar-refractivity contribution in [1.82, 2.24) is 4.72 Å². The van der Waals surface area contributed by atoms with Gasteiger partial charge in [-0.1, -0.05) is 12.1 Å². The maximum absolute atomic E-state index is 12.1. The van der Waals surface area contributed by atoms with Crippen molar-refractivity contribution in [2.45, 2.75) is 31.2 Å². The number of aryl methyl sites for hydroxylation is 1. The summed E-state index contributed by atoms with van der Waals surface area (Å²) < 4.78 is 31.2. The highest BCUT2D eigenvalue weighted by molar-refractivity contribution is 7.89. The third-order valence-corrected chi connectivity index (χ3v) is 4.33. The number of sulfonamides is 1. The molecule has 1 N–H and O–H groups in total. The smallest absolute Gasteiger partial charge is 0.323 e. The number of ether oxygens (including phenoxy) is 1. The Hall–Kier alpha value is -1.11. The van der Waals surface area contributed by atoms with Crippen LogP contribution in [0.25, 0.3) is 0 Å². The number of rotatable bonds is 7. The van der Waals surface area contributed by atoms with Crippen molar-refractivity contribution in [3.63, 3.8) is 0 Å². The molecule has 0 aliphatic heterocycles. The molecule has 0 amide bonds. The van der Waals surface area contributed by atoms with E-state index in [1.807, 2.05) is 0 Å². The lowest BCUT2D eigenvalue weighted by Crippen LogP contribution is -2.39. The van der Waals surface area contributed by atoms with E-state index in [2.05, 4.69) is 4.72 Å². The van der Waals surface area contributed by atoms with Gasteiger partial charge in [0.2, 0.25) is 10.0 Å². The summed E-state index contributed by atoms with van der Waals surface area (Å²) in [5.74, 6) is -0.126. The van der Waals surface area contributed by atoms with Crippen LogP contribution in [0.4, 0.5) is 0 Å². The van der Waals surface area contributed by atoms with Gasteiger partial charge in [-0.25, -0.2) is 8.42 Å². The second-order valence-corrected chi connectivity index (χ2v) is 6.27. The Morgan fingerprint density at radius 1 is 1.35 bits per heavy atom. The van der Waals surface area contributed by atoms with Crippen molar-refractivity contribution < 1.29 is 17.9 Å². The largest absolute Gasteiger partial charge is 0.465 e. The molecule has 5 nitrogen and oxygen atoms in total. The molecule has 1 rings (SSSR count). The quantitative estimate of drug-likeness (QED) is 0.613. The molecule has 1 atom stereocenters. The Kier molecular flexibility index (Phi) is 6.45. The number of alkyl halides is 1. The average molecular weight is 320 g/mol. The number of nitrogens with one attached hydrogen (secondary N) is 1. The lowest BCUT2D eigenvalue weighted by molar-refractivity contribution is -0.144. The van der Waals surface area contributed by atoms with Gasteiger partial charge in [-0.15, -0.1) is 11.6 Å². The molecule has 1 unspecified atom stereocenters. The van der Waals surface area contributed by atoms with Crippen LogP contribution in [0.5, 0.6) is 0 Å². The zero-order valence-electron chi connectivity index (χ0n) is 11.4. The predicted molar refractivity (Wildman–Crippen MR) is 77.3 cm³/mol. The van der Waals surface area contributed by atoms with E-state index in [1.165, 1.54) is 19.1 Å². The van der Waals surface area contributed by atoms with Gasteiger partial charge >= 0.3 is 5.97 Å².